The van der Waals surface area contributed by atoms with E-state index in [1.54, 1.807) is 0 Å². The summed E-state index contributed by atoms with van der Waals surface area (Å²) in [5.74, 6) is 0.696. The fraction of sp³-hybridized carbons (Fsp3) is 0.600. The molecule has 0 aromatic heterocycles. The monoisotopic (exact) mass is 329 g/mol. The van der Waals surface area contributed by atoms with Gasteiger partial charge in [0.15, 0.2) is 0 Å². The zero-order valence-corrected chi connectivity index (χ0v) is 14.1. The molecular weight excluding hydrogens is 306 g/mol. The maximum atomic E-state index is 6.01. The van der Waals surface area contributed by atoms with Gasteiger partial charge in [-0.15, -0.1) is 11.8 Å². The van der Waals surface area contributed by atoms with E-state index in [9.17, 15) is 0 Å². The van der Waals surface area contributed by atoms with Crippen LogP contribution in [0.5, 0.6) is 0 Å². The van der Waals surface area contributed by atoms with Crippen LogP contribution in [0, 0.1) is 5.92 Å². The average molecular weight is 330 g/mol. The van der Waals surface area contributed by atoms with Crippen LogP contribution in [-0.4, -0.2) is 11.3 Å². The molecule has 0 spiro atoms. The van der Waals surface area contributed by atoms with E-state index in [1.807, 2.05) is 11.8 Å². The number of halogens is 1. The lowest BCUT2D eigenvalue weighted by Gasteiger charge is -2.16. The van der Waals surface area contributed by atoms with Crippen molar-refractivity contribution in [2.24, 2.45) is 11.7 Å². The zero-order chi connectivity index (χ0) is 13.7. The largest absolute Gasteiger partial charge is 0.327 e. The molecule has 3 heteroatoms. The van der Waals surface area contributed by atoms with E-state index >= 15 is 0 Å². The molecule has 0 fully saturated rings. The van der Waals surface area contributed by atoms with Crippen molar-refractivity contribution in [3.63, 3.8) is 0 Å². The fourth-order valence-corrected chi connectivity index (χ4v) is 3.27. The van der Waals surface area contributed by atoms with Crippen molar-refractivity contribution in [1.82, 2.24) is 0 Å². The average Bonchev–Trinajstić information content (AvgIpc) is 2.32. The summed E-state index contributed by atoms with van der Waals surface area (Å²) in [5.41, 5.74) is 7.32. The topological polar surface area (TPSA) is 26.0 Å². The van der Waals surface area contributed by atoms with Crippen LogP contribution >= 0.6 is 27.7 Å². The van der Waals surface area contributed by atoms with Gasteiger partial charge >= 0.3 is 0 Å². The molecule has 0 aliphatic rings. The number of rotatable bonds is 6. The van der Waals surface area contributed by atoms with Gasteiger partial charge in [-0.05, 0) is 36.5 Å². The Morgan fingerprint density at radius 1 is 1.28 bits per heavy atom. The molecule has 0 aliphatic heterocycles. The van der Waals surface area contributed by atoms with Crippen LogP contribution < -0.4 is 5.73 Å². The lowest BCUT2D eigenvalue weighted by Crippen LogP contribution is -2.21. The van der Waals surface area contributed by atoms with Gasteiger partial charge < -0.3 is 5.73 Å². The fourth-order valence-electron chi connectivity index (χ4n) is 1.54. The van der Waals surface area contributed by atoms with Crippen molar-refractivity contribution in [2.75, 3.05) is 0 Å². The highest BCUT2D eigenvalue weighted by atomic mass is 79.9. The third-order valence-electron chi connectivity index (χ3n) is 3.29. The van der Waals surface area contributed by atoms with Gasteiger partial charge in [-0.25, -0.2) is 0 Å². The highest BCUT2D eigenvalue weighted by Gasteiger charge is 2.11. The summed E-state index contributed by atoms with van der Waals surface area (Å²) in [6, 6.07) is 6.90. The molecule has 2 unspecified atom stereocenters. The first kappa shape index (κ1) is 16.1. The van der Waals surface area contributed by atoms with Gasteiger partial charge in [-0.2, -0.15) is 0 Å². The molecule has 0 bridgehead atoms. The lowest BCUT2D eigenvalue weighted by atomic mass is 10.1. The molecule has 0 saturated heterocycles. The van der Waals surface area contributed by atoms with Gasteiger partial charge in [0.05, 0.1) is 0 Å². The molecular formula is C15H24BrNS. The van der Waals surface area contributed by atoms with Crippen molar-refractivity contribution < 1.29 is 0 Å². The summed E-state index contributed by atoms with van der Waals surface area (Å²) in [7, 11) is 0. The Morgan fingerprint density at radius 3 is 2.44 bits per heavy atom. The van der Waals surface area contributed by atoms with Gasteiger partial charge in [0.2, 0.25) is 0 Å². The van der Waals surface area contributed by atoms with E-state index in [1.165, 1.54) is 14.9 Å². The molecule has 0 aliphatic carbocycles. The molecule has 0 saturated carbocycles. The molecule has 0 heterocycles. The van der Waals surface area contributed by atoms with Crippen molar-refractivity contribution in [3.05, 3.63) is 28.2 Å². The summed E-state index contributed by atoms with van der Waals surface area (Å²) in [6.45, 7) is 8.94. The smallest absolute Gasteiger partial charge is 0.0219 e. The van der Waals surface area contributed by atoms with Crippen LogP contribution in [0.1, 0.15) is 39.7 Å². The Balaban J connectivity index is 2.73. The summed E-state index contributed by atoms with van der Waals surface area (Å²) in [5, 5.41) is 0.639. The molecule has 2 N–H and O–H groups in total. The summed E-state index contributed by atoms with van der Waals surface area (Å²) in [4.78, 5) is 1.33. The maximum absolute atomic E-state index is 6.01. The first-order chi connectivity index (χ1) is 8.43. The molecule has 1 aromatic rings. The maximum Gasteiger partial charge on any atom is 0.0219 e. The van der Waals surface area contributed by atoms with Crippen molar-refractivity contribution in [1.29, 1.82) is 0 Å². The quantitative estimate of drug-likeness (QED) is 0.754. The third-order valence-corrected chi connectivity index (χ3v) is 5.47. The molecule has 0 radical (unpaired) electrons. The molecule has 0 amide bonds. The van der Waals surface area contributed by atoms with Crippen LogP contribution in [0.25, 0.3) is 0 Å². The summed E-state index contributed by atoms with van der Waals surface area (Å²) in [6.07, 6.45) is 1.97. The Hall–Kier alpha value is 0.01000. The molecule has 102 valence electrons. The second-order valence-corrected chi connectivity index (χ2v) is 7.50. The number of nitrogens with two attached hydrogens (primary N) is 1. The van der Waals surface area contributed by atoms with Gasteiger partial charge in [0.1, 0.15) is 0 Å². The van der Waals surface area contributed by atoms with Gasteiger partial charge in [0, 0.05) is 20.7 Å². The van der Waals surface area contributed by atoms with Crippen LogP contribution in [0.15, 0.2) is 27.6 Å². The molecule has 18 heavy (non-hydrogen) atoms. The highest BCUT2D eigenvalue weighted by Crippen LogP contribution is 2.31. The van der Waals surface area contributed by atoms with Crippen LogP contribution in [-0.2, 0) is 6.42 Å². The number of hydrogen-bond donors (Lipinski definition) is 1. The van der Waals surface area contributed by atoms with Gasteiger partial charge in [0.25, 0.3) is 0 Å². The molecule has 2 atom stereocenters. The van der Waals surface area contributed by atoms with Crippen molar-refractivity contribution in [3.8, 4) is 0 Å². The number of thioether (sulfide) groups is 1. The normalized spacial score (nSPS) is 14.8. The van der Waals surface area contributed by atoms with E-state index in [0.29, 0.717) is 11.2 Å². The standard InChI is InChI=1S/C15H24BrNS/c1-5-13(17)8-12-6-7-14(9-15(12)16)18-11(4)10(2)3/h6-7,9-11,13H,5,8,17H2,1-4H3. The Kier molecular flexibility index (Phi) is 6.75. The van der Waals surface area contributed by atoms with Gasteiger partial charge in [-0.3, -0.25) is 0 Å². The summed E-state index contributed by atoms with van der Waals surface area (Å²) >= 11 is 5.60. The van der Waals surface area contributed by atoms with Crippen molar-refractivity contribution >= 4 is 27.7 Å². The lowest BCUT2D eigenvalue weighted by molar-refractivity contribution is 0.641. The minimum absolute atomic E-state index is 0.259. The van der Waals surface area contributed by atoms with Crippen LogP contribution in [0.4, 0.5) is 0 Å². The number of benzene rings is 1. The molecule has 1 nitrogen and oxygen atoms in total. The van der Waals surface area contributed by atoms with E-state index in [4.69, 9.17) is 5.73 Å². The Bertz CT molecular complexity index is 379. The van der Waals surface area contributed by atoms with Crippen molar-refractivity contribution in [2.45, 2.75) is 56.7 Å². The Labute approximate surface area is 124 Å². The minimum atomic E-state index is 0.259. The van der Waals surface area contributed by atoms with E-state index in [0.717, 1.165) is 12.8 Å². The predicted molar refractivity (Wildman–Crippen MR) is 86.3 cm³/mol. The predicted octanol–water partition coefficient (Wildman–Crippen LogP) is 4.87. The first-order valence-electron chi connectivity index (χ1n) is 6.64. The van der Waals surface area contributed by atoms with E-state index in [2.05, 4.69) is 61.8 Å². The van der Waals surface area contributed by atoms with Gasteiger partial charge in [-0.1, -0.05) is 49.7 Å². The Morgan fingerprint density at radius 2 is 1.94 bits per heavy atom. The third kappa shape index (κ3) is 4.94. The summed E-state index contributed by atoms with van der Waals surface area (Å²) < 4.78 is 1.19. The SMILES string of the molecule is CCC(N)Cc1ccc(SC(C)C(C)C)cc1Br. The van der Waals surface area contributed by atoms with E-state index < -0.39 is 0 Å². The van der Waals surface area contributed by atoms with Crippen LogP contribution in [0.3, 0.4) is 0 Å². The molecule has 1 aromatic carbocycles. The molecule has 1 rings (SSSR count). The number of hydrogen-bond acceptors (Lipinski definition) is 2. The van der Waals surface area contributed by atoms with Crippen LogP contribution in [0.2, 0.25) is 0 Å². The minimum Gasteiger partial charge on any atom is -0.327 e. The highest BCUT2D eigenvalue weighted by molar-refractivity contribution is 9.10. The van der Waals surface area contributed by atoms with E-state index in [-0.39, 0.29) is 6.04 Å². The first-order valence-corrected chi connectivity index (χ1v) is 8.32. The second-order valence-electron chi connectivity index (χ2n) is 5.19. The zero-order valence-electron chi connectivity index (χ0n) is 11.7. The second kappa shape index (κ2) is 7.56.